The minimum absolute atomic E-state index is 0.283. The van der Waals surface area contributed by atoms with Crippen LogP contribution in [0.15, 0.2) is 60.7 Å². The van der Waals surface area contributed by atoms with E-state index in [2.05, 4.69) is 47.9 Å². The molecule has 2 atom stereocenters. The molecule has 1 unspecified atom stereocenters. The zero-order valence-electron chi connectivity index (χ0n) is 17.0. The Morgan fingerprint density at radius 1 is 1.21 bits per heavy atom. The molecule has 5 heteroatoms. The number of carbonyl (C=O) groups is 1. The smallest absolute Gasteiger partial charge is 0.119 e. The summed E-state index contributed by atoms with van der Waals surface area (Å²) in [7, 11) is 0. The highest BCUT2D eigenvalue weighted by atomic mass is 16.5. The number of aryl methyl sites for hydroxylation is 1. The van der Waals surface area contributed by atoms with Crippen molar-refractivity contribution in [2.24, 2.45) is 0 Å². The number of benzene rings is 1. The fourth-order valence-corrected chi connectivity index (χ4v) is 3.62. The van der Waals surface area contributed by atoms with Crippen LogP contribution in [0.3, 0.4) is 0 Å². The zero-order valence-corrected chi connectivity index (χ0v) is 17.0. The van der Waals surface area contributed by atoms with Gasteiger partial charge < -0.3 is 23.9 Å². The van der Waals surface area contributed by atoms with Crippen LogP contribution in [-0.2, 0) is 22.5 Å². The molecular weight excluding hydrogens is 366 g/mol. The van der Waals surface area contributed by atoms with Gasteiger partial charge in [-0.2, -0.15) is 0 Å². The van der Waals surface area contributed by atoms with E-state index in [1.807, 2.05) is 24.3 Å². The van der Waals surface area contributed by atoms with Gasteiger partial charge in [0, 0.05) is 30.3 Å². The molecule has 2 aromatic rings. The lowest BCUT2D eigenvalue weighted by atomic mass is 9.97. The van der Waals surface area contributed by atoms with E-state index in [0.29, 0.717) is 19.1 Å². The van der Waals surface area contributed by atoms with Crippen molar-refractivity contribution >= 4 is 5.97 Å². The molecule has 29 heavy (non-hydrogen) atoms. The van der Waals surface area contributed by atoms with Crippen LogP contribution >= 0.6 is 0 Å². The second-order valence-electron chi connectivity index (χ2n) is 7.17. The summed E-state index contributed by atoms with van der Waals surface area (Å²) in [4.78, 5) is 11.1. The Labute approximate surface area is 172 Å². The molecule has 1 aromatic carbocycles. The Bertz CT molecular complexity index is 864. The van der Waals surface area contributed by atoms with Crippen LogP contribution in [0.4, 0.5) is 0 Å². The summed E-state index contributed by atoms with van der Waals surface area (Å²) in [6, 6.07) is 11.8. The van der Waals surface area contributed by atoms with E-state index in [0.717, 1.165) is 24.3 Å². The van der Waals surface area contributed by atoms with Gasteiger partial charge in [0.15, 0.2) is 0 Å². The van der Waals surface area contributed by atoms with Gasteiger partial charge in [-0.15, -0.1) is 0 Å². The van der Waals surface area contributed by atoms with E-state index in [9.17, 15) is 9.90 Å². The number of carboxylic acids is 1. The summed E-state index contributed by atoms with van der Waals surface area (Å²) < 4.78 is 13.4. The lowest BCUT2D eigenvalue weighted by molar-refractivity contribution is -0.316. The molecular formula is C24H28NO4-. The van der Waals surface area contributed by atoms with Crippen LogP contribution in [0.1, 0.15) is 36.2 Å². The van der Waals surface area contributed by atoms with E-state index in [4.69, 9.17) is 9.47 Å². The number of aliphatic carboxylic acids is 1. The minimum atomic E-state index is -1.19. The maximum Gasteiger partial charge on any atom is 0.119 e. The topological polar surface area (TPSA) is 63.5 Å². The van der Waals surface area contributed by atoms with Crippen LogP contribution in [-0.4, -0.2) is 29.9 Å². The van der Waals surface area contributed by atoms with Crippen molar-refractivity contribution in [3.63, 3.8) is 0 Å². The average molecular weight is 394 g/mol. The summed E-state index contributed by atoms with van der Waals surface area (Å²) in [6.07, 6.45) is 9.02. The van der Waals surface area contributed by atoms with Gasteiger partial charge in [-0.05, 0) is 50.1 Å². The molecule has 1 heterocycles. The largest absolute Gasteiger partial charge is 0.547 e. The lowest BCUT2D eigenvalue weighted by Gasteiger charge is -2.19. The number of rotatable bonds is 10. The summed E-state index contributed by atoms with van der Waals surface area (Å²) in [5.41, 5.74) is 3.41. The van der Waals surface area contributed by atoms with Crippen molar-refractivity contribution in [2.45, 2.75) is 45.3 Å². The van der Waals surface area contributed by atoms with Gasteiger partial charge in [0.05, 0.1) is 12.5 Å². The van der Waals surface area contributed by atoms with Gasteiger partial charge in [-0.3, -0.25) is 0 Å². The fourth-order valence-electron chi connectivity index (χ4n) is 3.62. The normalized spacial score (nSPS) is 16.7. The second-order valence-corrected chi connectivity index (χ2v) is 7.17. The second kappa shape index (κ2) is 10.1. The molecule has 0 bridgehead atoms. The lowest BCUT2D eigenvalue weighted by Crippen LogP contribution is -2.39. The summed E-state index contributed by atoms with van der Waals surface area (Å²) in [5, 5.41) is 11.1. The molecule has 0 saturated carbocycles. The minimum Gasteiger partial charge on any atom is -0.547 e. The SMILES string of the molecule is CCO[C@@H](Cc1ccc(OCCn2c(C)ccc2C2C=CC=CC2)cc1)C(=O)[O-]. The van der Waals surface area contributed by atoms with Crippen LogP contribution < -0.4 is 9.84 Å². The van der Waals surface area contributed by atoms with E-state index in [1.165, 1.54) is 11.4 Å². The Morgan fingerprint density at radius 2 is 2.00 bits per heavy atom. The number of ether oxygens (including phenoxy) is 2. The maximum absolute atomic E-state index is 11.1. The average Bonchev–Trinajstić information content (AvgIpc) is 3.10. The Hall–Kier alpha value is -2.79. The van der Waals surface area contributed by atoms with Crippen LogP contribution in [0, 0.1) is 6.92 Å². The molecule has 0 radical (unpaired) electrons. The quantitative estimate of drug-likeness (QED) is 0.621. The number of allylic oxidation sites excluding steroid dienone is 4. The van der Waals surface area contributed by atoms with E-state index < -0.39 is 12.1 Å². The molecule has 0 aliphatic heterocycles. The van der Waals surface area contributed by atoms with Gasteiger partial charge >= 0.3 is 0 Å². The molecule has 0 spiro atoms. The predicted molar refractivity (Wildman–Crippen MR) is 111 cm³/mol. The summed E-state index contributed by atoms with van der Waals surface area (Å²) in [5.74, 6) is -0.00890. The number of nitrogens with zero attached hydrogens (tertiary/aromatic N) is 1. The third-order valence-corrected chi connectivity index (χ3v) is 5.15. The third kappa shape index (κ3) is 5.61. The standard InChI is InChI=1S/C24H29NO4/c1-3-28-23(24(26)27)17-19-10-12-21(13-11-19)29-16-15-25-18(2)9-14-22(25)20-7-5-4-6-8-20/h4-7,9-14,20,23H,3,8,15-17H2,1-2H3,(H,26,27)/p-1/t20?,23-/m0/s1. The summed E-state index contributed by atoms with van der Waals surface area (Å²) in [6.45, 7) is 5.57. The molecule has 1 aliphatic rings. The van der Waals surface area contributed by atoms with Gasteiger partial charge in [0.25, 0.3) is 0 Å². The molecule has 5 nitrogen and oxygen atoms in total. The first kappa shape index (κ1) is 20.9. The molecule has 3 rings (SSSR count). The van der Waals surface area contributed by atoms with E-state index in [-0.39, 0.29) is 6.42 Å². The van der Waals surface area contributed by atoms with Gasteiger partial charge in [-0.25, -0.2) is 0 Å². The Kier molecular flexibility index (Phi) is 7.30. The highest BCUT2D eigenvalue weighted by molar-refractivity contribution is 5.70. The number of carboxylic acid groups (broad SMARTS) is 1. The van der Waals surface area contributed by atoms with Crippen LogP contribution in [0.25, 0.3) is 0 Å². The number of aromatic nitrogens is 1. The molecule has 0 fully saturated rings. The molecule has 0 N–H and O–H groups in total. The zero-order chi connectivity index (χ0) is 20.6. The highest BCUT2D eigenvalue weighted by Crippen LogP contribution is 2.26. The van der Waals surface area contributed by atoms with Crippen molar-refractivity contribution in [1.29, 1.82) is 0 Å². The van der Waals surface area contributed by atoms with Crippen LogP contribution in [0.5, 0.6) is 5.75 Å². The summed E-state index contributed by atoms with van der Waals surface area (Å²) >= 11 is 0. The van der Waals surface area contributed by atoms with Gasteiger partial charge in [0.2, 0.25) is 0 Å². The molecule has 1 aliphatic carbocycles. The first-order valence-corrected chi connectivity index (χ1v) is 10.1. The fraction of sp³-hybridized carbons (Fsp3) is 0.375. The number of hydrogen-bond donors (Lipinski definition) is 0. The first-order chi connectivity index (χ1) is 14.1. The van der Waals surface area contributed by atoms with Crippen molar-refractivity contribution in [1.82, 2.24) is 4.57 Å². The van der Waals surface area contributed by atoms with E-state index in [1.54, 1.807) is 6.92 Å². The van der Waals surface area contributed by atoms with Crippen LogP contribution in [0.2, 0.25) is 0 Å². The molecule has 154 valence electrons. The Morgan fingerprint density at radius 3 is 2.66 bits per heavy atom. The first-order valence-electron chi connectivity index (χ1n) is 10.1. The number of hydrogen-bond acceptors (Lipinski definition) is 4. The number of carbonyl (C=O) groups excluding carboxylic acids is 1. The third-order valence-electron chi connectivity index (χ3n) is 5.15. The van der Waals surface area contributed by atoms with Gasteiger partial charge in [-0.1, -0.05) is 36.4 Å². The Balaban J connectivity index is 1.55. The molecule has 1 aromatic heterocycles. The van der Waals surface area contributed by atoms with Crippen molar-refractivity contribution in [3.8, 4) is 5.75 Å². The van der Waals surface area contributed by atoms with Gasteiger partial charge in [0.1, 0.15) is 18.5 Å². The van der Waals surface area contributed by atoms with Crippen molar-refractivity contribution in [2.75, 3.05) is 13.2 Å². The predicted octanol–water partition coefficient (Wildman–Crippen LogP) is 3.17. The monoisotopic (exact) mass is 394 g/mol. The van der Waals surface area contributed by atoms with Crippen molar-refractivity contribution < 1.29 is 19.4 Å². The van der Waals surface area contributed by atoms with E-state index >= 15 is 0 Å². The molecule has 0 saturated heterocycles. The maximum atomic E-state index is 11.1. The highest BCUT2D eigenvalue weighted by Gasteiger charge is 2.15. The van der Waals surface area contributed by atoms with Crippen molar-refractivity contribution in [3.05, 3.63) is 77.7 Å². The molecule has 0 amide bonds.